The van der Waals surface area contributed by atoms with E-state index in [4.69, 9.17) is 10.5 Å². The molecule has 0 saturated heterocycles. The molecule has 4 rings (SSSR count). The maximum atomic E-state index is 12.9. The second-order valence-corrected chi connectivity index (χ2v) is 7.52. The predicted octanol–water partition coefficient (Wildman–Crippen LogP) is 5.90. The number of ether oxygens (including phenoxy) is 1. The molecule has 174 valence electrons. The molecule has 0 aliphatic heterocycles. The summed E-state index contributed by atoms with van der Waals surface area (Å²) in [6.45, 7) is 4.34. The van der Waals surface area contributed by atoms with E-state index in [-0.39, 0.29) is 25.0 Å². The first-order valence-corrected chi connectivity index (χ1v) is 11.4. The lowest BCUT2D eigenvalue weighted by Crippen LogP contribution is -2.27. The highest BCUT2D eigenvalue weighted by atomic mass is 16.5. The average Bonchev–Trinajstić information content (AvgIpc) is 2.90. The minimum atomic E-state index is -0.484. The molecule has 0 saturated carbocycles. The molecule has 0 heterocycles. The van der Waals surface area contributed by atoms with Gasteiger partial charge in [0.15, 0.2) is 0 Å². The molecule has 5 heteroatoms. The number of amides is 1. The quantitative estimate of drug-likeness (QED) is 0.341. The van der Waals surface area contributed by atoms with Crippen molar-refractivity contribution in [3.63, 3.8) is 0 Å². The molecule has 4 aromatic carbocycles. The van der Waals surface area contributed by atoms with Crippen LogP contribution in [0, 0.1) is 0 Å². The van der Waals surface area contributed by atoms with Crippen LogP contribution in [0.2, 0.25) is 0 Å². The van der Waals surface area contributed by atoms with E-state index in [1.807, 2.05) is 86.6 Å². The topological polar surface area (TPSA) is 81.4 Å². The Labute approximate surface area is 200 Å². The summed E-state index contributed by atoms with van der Waals surface area (Å²) in [5.41, 5.74) is 8.81. The molecule has 0 spiro atoms. The van der Waals surface area contributed by atoms with Gasteiger partial charge in [-0.1, -0.05) is 86.6 Å². The summed E-state index contributed by atoms with van der Waals surface area (Å²) in [6, 6.07) is 30.1. The van der Waals surface area contributed by atoms with E-state index in [1.54, 1.807) is 24.3 Å². The van der Waals surface area contributed by atoms with Crippen LogP contribution >= 0.6 is 0 Å². The zero-order valence-corrected chi connectivity index (χ0v) is 19.5. The zero-order chi connectivity index (χ0) is 24.3. The van der Waals surface area contributed by atoms with Gasteiger partial charge in [0, 0.05) is 12.2 Å². The summed E-state index contributed by atoms with van der Waals surface area (Å²) >= 11 is 0. The van der Waals surface area contributed by atoms with Crippen molar-refractivity contribution in [3.8, 4) is 0 Å². The maximum Gasteiger partial charge on any atom is 0.338 e. The molecule has 4 aromatic rings. The van der Waals surface area contributed by atoms with E-state index in [0.29, 0.717) is 5.56 Å². The monoisotopic (exact) mass is 454 g/mol. The first-order chi connectivity index (χ1) is 16.6. The van der Waals surface area contributed by atoms with E-state index in [1.165, 1.54) is 0 Å². The molecule has 0 unspecified atom stereocenters. The second kappa shape index (κ2) is 12.3. The molecule has 0 radical (unpaired) electrons. The molecular formula is C29H30N2O3. The Morgan fingerprint density at radius 1 is 0.824 bits per heavy atom. The third-order valence-electron chi connectivity index (χ3n) is 5.33. The van der Waals surface area contributed by atoms with E-state index in [0.717, 1.165) is 27.6 Å². The van der Waals surface area contributed by atoms with Crippen molar-refractivity contribution in [1.29, 1.82) is 0 Å². The van der Waals surface area contributed by atoms with Crippen molar-refractivity contribution in [2.75, 3.05) is 11.9 Å². The summed E-state index contributed by atoms with van der Waals surface area (Å²) in [7, 11) is 0. The normalized spacial score (nSPS) is 11.1. The first-order valence-electron chi connectivity index (χ1n) is 11.4. The lowest BCUT2D eigenvalue weighted by molar-refractivity contribution is -0.117. The number of hydrogen-bond donors (Lipinski definition) is 2. The van der Waals surface area contributed by atoms with Crippen molar-refractivity contribution in [1.82, 2.24) is 0 Å². The molecule has 0 fully saturated rings. The van der Waals surface area contributed by atoms with E-state index >= 15 is 0 Å². The van der Waals surface area contributed by atoms with Crippen molar-refractivity contribution >= 4 is 28.3 Å². The maximum absolute atomic E-state index is 12.9. The Hall–Kier alpha value is -3.96. The first kappa shape index (κ1) is 24.7. The number of anilines is 1. The number of nitrogens with one attached hydrogen (secondary N) is 1. The van der Waals surface area contributed by atoms with Gasteiger partial charge in [0.05, 0.1) is 11.5 Å². The number of fused-ring (bicyclic) bond motifs is 1. The fraction of sp³-hybridized carbons (Fsp3) is 0.172. The van der Waals surface area contributed by atoms with Crippen LogP contribution in [0.5, 0.6) is 0 Å². The Kier molecular flexibility index (Phi) is 8.95. The molecule has 0 aromatic heterocycles. The number of nitrogens with two attached hydrogens (primary N) is 1. The van der Waals surface area contributed by atoms with Crippen LogP contribution < -0.4 is 11.1 Å². The van der Waals surface area contributed by atoms with Gasteiger partial charge in [-0.25, -0.2) is 4.79 Å². The van der Waals surface area contributed by atoms with E-state index in [2.05, 4.69) is 5.32 Å². The fourth-order valence-corrected chi connectivity index (χ4v) is 3.54. The van der Waals surface area contributed by atoms with Gasteiger partial charge in [-0.3, -0.25) is 4.79 Å². The zero-order valence-electron chi connectivity index (χ0n) is 19.5. The van der Waals surface area contributed by atoms with Crippen molar-refractivity contribution in [3.05, 3.63) is 114 Å². The summed E-state index contributed by atoms with van der Waals surface area (Å²) in [5.74, 6) is -1.02. The van der Waals surface area contributed by atoms with Gasteiger partial charge < -0.3 is 15.8 Å². The highest BCUT2D eigenvalue weighted by Crippen LogP contribution is 2.22. The van der Waals surface area contributed by atoms with Crippen molar-refractivity contribution in [2.24, 2.45) is 5.73 Å². The molecular weight excluding hydrogens is 424 g/mol. The minimum Gasteiger partial charge on any atom is -0.457 e. The number of rotatable bonds is 7. The Morgan fingerprint density at radius 3 is 2.15 bits per heavy atom. The molecule has 3 N–H and O–H groups in total. The number of carbonyl (C=O) groups is 2. The standard InChI is InChI=1S/C27H24N2O3.C2H6/c28-17-25(26(30)29-24-15-14-20-6-4-5-9-23(20)16-24)21-12-10-19(11-13-21)18-32-27(31)22-7-2-1-3-8-22;1-2/h1-16,25H,17-18,28H2,(H,29,30);1-2H3/t25-;/m1./s1. The smallest absolute Gasteiger partial charge is 0.338 e. The highest BCUT2D eigenvalue weighted by molar-refractivity contribution is 5.98. The second-order valence-electron chi connectivity index (χ2n) is 7.52. The van der Waals surface area contributed by atoms with Crippen LogP contribution in [0.15, 0.2) is 97.1 Å². The van der Waals surface area contributed by atoms with E-state index < -0.39 is 5.92 Å². The van der Waals surface area contributed by atoms with Gasteiger partial charge >= 0.3 is 5.97 Å². The predicted molar refractivity (Wildman–Crippen MR) is 138 cm³/mol. The van der Waals surface area contributed by atoms with Crippen LogP contribution in [0.1, 0.15) is 41.3 Å². The molecule has 0 aliphatic carbocycles. The third kappa shape index (κ3) is 6.30. The lowest BCUT2D eigenvalue weighted by atomic mass is 9.97. The van der Waals surface area contributed by atoms with Crippen LogP contribution in [-0.4, -0.2) is 18.4 Å². The van der Waals surface area contributed by atoms with Crippen LogP contribution in [0.3, 0.4) is 0 Å². The minimum absolute atomic E-state index is 0.157. The Balaban J connectivity index is 0.00000158. The number of benzene rings is 4. The van der Waals surface area contributed by atoms with Gasteiger partial charge in [-0.15, -0.1) is 0 Å². The summed E-state index contributed by atoms with van der Waals surface area (Å²) in [6.07, 6.45) is 0. The molecule has 0 aliphatic rings. The Morgan fingerprint density at radius 2 is 1.47 bits per heavy atom. The third-order valence-corrected chi connectivity index (χ3v) is 5.33. The number of carbonyl (C=O) groups excluding carboxylic acids is 2. The molecule has 5 nitrogen and oxygen atoms in total. The van der Waals surface area contributed by atoms with Gasteiger partial charge in [0.25, 0.3) is 0 Å². The fourth-order valence-electron chi connectivity index (χ4n) is 3.54. The number of hydrogen-bond acceptors (Lipinski definition) is 4. The van der Waals surface area contributed by atoms with Gasteiger partial charge in [0.1, 0.15) is 6.61 Å². The molecule has 1 atom stereocenters. The van der Waals surface area contributed by atoms with E-state index in [9.17, 15) is 9.59 Å². The number of esters is 1. The average molecular weight is 455 g/mol. The van der Waals surface area contributed by atoms with Crippen LogP contribution in [0.25, 0.3) is 10.8 Å². The molecule has 0 bridgehead atoms. The van der Waals surface area contributed by atoms with Gasteiger partial charge in [-0.05, 0) is 46.2 Å². The SMILES string of the molecule is CC.NC[C@@H](C(=O)Nc1ccc2ccccc2c1)c1ccc(COC(=O)c2ccccc2)cc1. The lowest BCUT2D eigenvalue weighted by Gasteiger charge is -2.16. The Bertz CT molecular complexity index is 1220. The summed E-state index contributed by atoms with van der Waals surface area (Å²) in [5, 5.41) is 5.14. The van der Waals surface area contributed by atoms with Gasteiger partial charge in [-0.2, -0.15) is 0 Å². The van der Waals surface area contributed by atoms with Gasteiger partial charge in [0.2, 0.25) is 5.91 Å². The molecule has 34 heavy (non-hydrogen) atoms. The van der Waals surface area contributed by atoms with Crippen molar-refractivity contribution < 1.29 is 14.3 Å². The van der Waals surface area contributed by atoms with Crippen molar-refractivity contribution in [2.45, 2.75) is 26.4 Å². The summed E-state index contributed by atoms with van der Waals surface area (Å²) in [4.78, 5) is 25.0. The van der Waals surface area contributed by atoms with Crippen LogP contribution in [-0.2, 0) is 16.1 Å². The van der Waals surface area contributed by atoms with Crippen LogP contribution in [0.4, 0.5) is 5.69 Å². The summed E-state index contributed by atoms with van der Waals surface area (Å²) < 4.78 is 5.36. The largest absolute Gasteiger partial charge is 0.457 e. The molecule has 1 amide bonds. The highest BCUT2D eigenvalue weighted by Gasteiger charge is 2.19.